The van der Waals surface area contributed by atoms with E-state index in [-0.39, 0.29) is 6.04 Å². The lowest BCUT2D eigenvalue weighted by molar-refractivity contribution is 0.401. The lowest BCUT2D eigenvalue weighted by atomic mass is 10.0. The zero-order valence-corrected chi connectivity index (χ0v) is 10.8. The van der Waals surface area contributed by atoms with Crippen molar-refractivity contribution in [2.24, 2.45) is 5.73 Å². The van der Waals surface area contributed by atoms with E-state index in [1.165, 1.54) is 0 Å². The van der Waals surface area contributed by atoms with E-state index in [2.05, 4.69) is 5.32 Å². The smallest absolute Gasteiger partial charge is 0.126 e. The molecule has 0 radical (unpaired) electrons. The van der Waals surface area contributed by atoms with Crippen LogP contribution in [0.15, 0.2) is 12.1 Å². The van der Waals surface area contributed by atoms with Gasteiger partial charge in [0.15, 0.2) is 0 Å². The highest BCUT2D eigenvalue weighted by molar-refractivity contribution is 6.30. The molecule has 0 saturated heterocycles. The van der Waals surface area contributed by atoms with Gasteiger partial charge in [-0.15, -0.1) is 0 Å². The summed E-state index contributed by atoms with van der Waals surface area (Å²) in [6.07, 6.45) is 0.854. The van der Waals surface area contributed by atoms with Crippen molar-refractivity contribution in [3.8, 4) is 5.75 Å². The number of rotatable bonds is 5. The molecule has 0 saturated carbocycles. The molecule has 1 aromatic carbocycles. The van der Waals surface area contributed by atoms with Crippen LogP contribution in [0.5, 0.6) is 5.75 Å². The third-order valence-electron chi connectivity index (χ3n) is 2.58. The summed E-state index contributed by atoms with van der Waals surface area (Å²) >= 11 is 6.03. The van der Waals surface area contributed by atoms with Crippen molar-refractivity contribution in [1.82, 2.24) is 5.32 Å². The third kappa shape index (κ3) is 3.11. The van der Waals surface area contributed by atoms with Gasteiger partial charge in [-0.25, -0.2) is 0 Å². The summed E-state index contributed by atoms with van der Waals surface area (Å²) in [6, 6.07) is 3.71. The zero-order valence-electron chi connectivity index (χ0n) is 10.0. The average molecular weight is 243 g/mol. The Morgan fingerprint density at radius 3 is 2.75 bits per heavy atom. The molecule has 1 rings (SSSR count). The van der Waals surface area contributed by atoms with Gasteiger partial charge in [0, 0.05) is 16.6 Å². The number of halogens is 1. The van der Waals surface area contributed by atoms with Crippen LogP contribution in [-0.4, -0.2) is 20.7 Å². The molecule has 1 unspecified atom stereocenters. The van der Waals surface area contributed by atoms with Crippen LogP contribution in [-0.2, 0) is 0 Å². The van der Waals surface area contributed by atoms with Crippen molar-refractivity contribution >= 4 is 11.6 Å². The topological polar surface area (TPSA) is 47.3 Å². The summed E-state index contributed by atoms with van der Waals surface area (Å²) in [7, 11) is 3.57. The fourth-order valence-corrected chi connectivity index (χ4v) is 2.05. The Morgan fingerprint density at radius 1 is 1.50 bits per heavy atom. The largest absolute Gasteiger partial charge is 0.496 e. The number of ether oxygens (including phenoxy) is 1. The second-order valence-corrected chi connectivity index (χ2v) is 4.28. The molecule has 0 aliphatic rings. The molecule has 4 heteroatoms. The van der Waals surface area contributed by atoms with E-state index in [1.54, 1.807) is 7.11 Å². The highest BCUT2D eigenvalue weighted by Gasteiger charge is 2.14. The summed E-state index contributed by atoms with van der Waals surface area (Å²) in [5, 5.41) is 3.78. The maximum atomic E-state index is 6.12. The van der Waals surface area contributed by atoms with Gasteiger partial charge < -0.3 is 15.8 Å². The number of hydrogen-bond acceptors (Lipinski definition) is 3. The monoisotopic (exact) mass is 242 g/mol. The molecule has 3 nitrogen and oxygen atoms in total. The van der Waals surface area contributed by atoms with Gasteiger partial charge in [0.2, 0.25) is 0 Å². The molecule has 0 fully saturated rings. The minimum atomic E-state index is -0.0557. The molecular weight excluding hydrogens is 224 g/mol. The number of benzene rings is 1. The van der Waals surface area contributed by atoms with Crippen LogP contribution in [0.1, 0.15) is 23.6 Å². The highest BCUT2D eigenvalue weighted by atomic mass is 35.5. The fourth-order valence-electron chi connectivity index (χ4n) is 1.77. The first kappa shape index (κ1) is 13.3. The molecule has 0 spiro atoms. The van der Waals surface area contributed by atoms with Gasteiger partial charge in [-0.3, -0.25) is 0 Å². The standard InChI is InChI=1S/C12H19ClN2O/c1-8-6-9(13)7-10(12(8)16-3)11(14)4-5-15-2/h6-7,11,15H,4-5,14H2,1-3H3. The number of nitrogens with one attached hydrogen (secondary N) is 1. The van der Waals surface area contributed by atoms with E-state index >= 15 is 0 Å². The first-order chi connectivity index (χ1) is 7.60. The summed E-state index contributed by atoms with van der Waals surface area (Å²) in [5.74, 6) is 0.841. The number of hydrogen-bond donors (Lipinski definition) is 2. The van der Waals surface area contributed by atoms with Crippen LogP contribution in [0.4, 0.5) is 0 Å². The number of nitrogens with two attached hydrogens (primary N) is 1. The molecule has 16 heavy (non-hydrogen) atoms. The predicted molar refractivity (Wildman–Crippen MR) is 68.2 cm³/mol. The minimum absolute atomic E-state index is 0.0557. The van der Waals surface area contributed by atoms with Crippen LogP contribution >= 0.6 is 11.6 Å². The Bertz CT molecular complexity index is 355. The SMILES string of the molecule is CNCCC(N)c1cc(Cl)cc(C)c1OC. The second kappa shape index (κ2) is 6.09. The van der Waals surface area contributed by atoms with Crippen molar-refractivity contribution in [2.45, 2.75) is 19.4 Å². The van der Waals surface area contributed by atoms with Crippen molar-refractivity contribution in [3.63, 3.8) is 0 Å². The zero-order chi connectivity index (χ0) is 12.1. The summed E-state index contributed by atoms with van der Waals surface area (Å²) < 4.78 is 5.37. The highest BCUT2D eigenvalue weighted by Crippen LogP contribution is 2.32. The molecule has 3 N–H and O–H groups in total. The number of methoxy groups -OCH3 is 1. The van der Waals surface area contributed by atoms with Gasteiger partial charge in [0.05, 0.1) is 7.11 Å². The lowest BCUT2D eigenvalue weighted by Crippen LogP contribution is -2.18. The van der Waals surface area contributed by atoms with Crippen molar-refractivity contribution < 1.29 is 4.74 Å². The van der Waals surface area contributed by atoms with E-state index in [0.29, 0.717) is 5.02 Å². The molecule has 1 atom stereocenters. The molecule has 0 amide bonds. The Labute approximate surface area is 102 Å². The van der Waals surface area contributed by atoms with Crippen LogP contribution in [0.25, 0.3) is 0 Å². The van der Waals surface area contributed by atoms with Crippen molar-refractivity contribution in [3.05, 3.63) is 28.3 Å². The molecule has 0 aliphatic carbocycles. The Balaban J connectivity index is 3.00. The van der Waals surface area contributed by atoms with Crippen molar-refractivity contribution in [2.75, 3.05) is 20.7 Å². The van der Waals surface area contributed by atoms with Crippen LogP contribution in [0, 0.1) is 6.92 Å². The van der Waals surface area contributed by atoms with Crippen LogP contribution in [0.2, 0.25) is 5.02 Å². The molecule has 0 aromatic heterocycles. The maximum Gasteiger partial charge on any atom is 0.126 e. The quantitative estimate of drug-likeness (QED) is 0.833. The first-order valence-electron chi connectivity index (χ1n) is 5.34. The molecule has 0 aliphatic heterocycles. The maximum absolute atomic E-state index is 6.12. The van der Waals surface area contributed by atoms with Crippen LogP contribution < -0.4 is 15.8 Å². The normalized spacial score (nSPS) is 12.6. The van der Waals surface area contributed by atoms with E-state index in [9.17, 15) is 0 Å². The fraction of sp³-hybridized carbons (Fsp3) is 0.500. The van der Waals surface area contributed by atoms with E-state index < -0.39 is 0 Å². The lowest BCUT2D eigenvalue weighted by Gasteiger charge is -2.17. The third-order valence-corrected chi connectivity index (χ3v) is 2.80. The second-order valence-electron chi connectivity index (χ2n) is 3.84. The van der Waals surface area contributed by atoms with E-state index in [0.717, 1.165) is 29.8 Å². The molecule has 1 aromatic rings. The van der Waals surface area contributed by atoms with Gasteiger partial charge in [-0.1, -0.05) is 11.6 Å². The summed E-state index contributed by atoms with van der Waals surface area (Å²) in [5.41, 5.74) is 8.11. The summed E-state index contributed by atoms with van der Waals surface area (Å²) in [6.45, 7) is 2.84. The minimum Gasteiger partial charge on any atom is -0.496 e. The van der Waals surface area contributed by atoms with E-state index in [1.807, 2.05) is 26.1 Å². The molecule has 0 bridgehead atoms. The Hall–Kier alpha value is -0.770. The van der Waals surface area contributed by atoms with Gasteiger partial charge in [0.25, 0.3) is 0 Å². The molecular formula is C12H19ClN2O. The Kier molecular flexibility index (Phi) is 5.06. The predicted octanol–water partition coefficient (Wildman–Crippen LogP) is 2.27. The van der Waals surface area contributed by atoms with Gasteiger partial charge in [-0.05, 0) is 44.6 Å². The van der Waals surface area contributed by atoms with Gasteiger partial charge >= 0.3 is 0 Å². The van der Waals surface area contributed by atoms with Crippen molar-refractivity contribution in [1.29, 1.82) is 0 Å². The van der Waals surface area contributed by atoms with E-state index in [4.69, 9.17) is 22.1 Å². The molecule has 0 heterocycles. The Morgan fingerprint density at radius 2 is 2.19 bits per heavy atom. The molecule has 90 valence electrons. The first-order valence-corrected chi connectivity index (χ1v) is 5.72. The summed E-state index contributed by atoms with van der Waals surface area (Å²) in [4.78, 5) is 0. The average Bonchev–Trinajstić information content (AvgIpc) is 2.24. The van der Waals surface area contributed by atoms with Gasteiger partial charge in [0.1, 0.15) is 5.75 Å². The van der Waals surface area contributed by atoms with Gasteiger partial charge in [-0.2, -0.15) is 0 Å². The number of aryl methyl sites for hydroxylation is 1. The van der Waals surface area contributed by atoms with Crippen LogP contribution in [0.3, 0.4) is 0 Å².